The molecule has 3 aliphatic rings. The van der Waals surface area contributed by atoms with Crippen LogP contribution in [-0.2, 0) is 41.6 Å². The zero-order valence-electron chi connectivity index (χ0n) is 26.0. The number of ketones is 1. The summed E-state index contributed by atoms with van der Waals surface area (Å²) in [6, 6.07) is 11.2. The van der Waals surface area contributed by atoms with E-state index in [2.05, 4.69) is 16.0 Å². The lowest BCUT2D eigenvalue weighted by atomic mass is 9.83. The molecule has 2 heterocycles. The number of hydrogen-bond donors (Lipinski definition) is 5. The second kappa shape index (κ2) is 16.5. The van der Waals surface area contributed by atoms with Gasteiger partial charge in [0.2, 0.25) is 23.5 Å². The summed E-state index contributed by atoms with van der Waals surface area (Å²) >= 11 is 0. The number of aryl methyl sites for hydroxylation is 1. The summed E-state index contributed by atoms with van der Waals surface area (Å²) in [5, 5.41) is 19.3. The van der Waals surface area contributed by atoms with Gasteiger partial charge in [-0.1, -0.05) is 56.9 Å². The number of benzene rings is 2. The van der Waals surface area contributed by atoms with Gasteiger partial charge in [0, 0.05) is 12.8 Å². The van der Waals surface area contributed by atoms with Gasteiger partial charge in [-0.15, -0.1) is 0 Å². The Morgan fingerprint density at radius 1 is 0.935 bits per heavy atom. The minimum absolute atomic E-state index is 0.0251. The summed E-state index contributed by atoms with van der Waals surface area (Å²) in [7, 11) is 0. The van der Waals surface area contributed by atoms with Crippen LogP contribution in [0.1, 0.15) is 69.4 Å². The maximum atomic E-state index is 13.9. The fourth-order valence-corrected chi connectivity index (χ4v) is 5.90. The molecule has 1 saturated carbocycles. The molecule has 12 heteroatoms. The predicted octanol–water partition coefficient (Wildman–Crippen LogP) is 2.57. The maximum Gasteiger partial charge on any atom is 0.322 e. The molecule has 12 nitrogen and oxygen atoms in total. The molecule has 0 spiro atoms. The molecule has 46 heavy (non-hydrogen) atoms. The third kappa shape index (κ3) is 9.88. The van der Waals surface area contributed by atoms with E-state index in [1.165, 1.54) is 0 Å². The molecule has 0 radical (unpaired) electrons. The molecule has 0 saturated heterocycles. The van der Waals surface area contributed by atoms with Crippen molar-refractivity contribution in [2.45, 2.75) is 89.3 Å². The lowest BCUT2D eigenvalue weighted by Crippen LogP contribution is -2.58. The van der Waals surface area contributed by atoms with Crippen LogP contribution in [0.25, 0.3) is 0 Å². The fraction of sp³-hybridized carbons (Fsp3) is 0.471. The molecule has 3 unspecified atom stereocenters. The van der Waals surface area contributed by atoms with Crippen LogP contribution in [0, 0.1) is 5.92 Å². The SMILES string of the molecule is CCCC(NC(=O)C1Cc2cccc(c2)Oc2ccc(cc2)CCC(=O)NC(C2CCCCC2)C(=O)N1)C(=O)C(=O)NCC(=O)O. The number of amides is 4. The molecule has 4 bridgehead atoms. The first kappa shape index (κ1) is 34.1. The molecule has 0 aromatic heterocycles. The first-order chi connectivity index (χ1) is 22.1. The zero-order chi connectivity index (χ0) is 33.1. The highest BCUT2D eigenvalue weighted by Crippen LogP contribution is 2.28. The van der Waals surface area contributed by atoms with E-state index < -0.39 is 54.1 Å². The Labute approximate surface area is 268 Å². The van der Waals surface area contributed by atoms with Gasteiger partial charge in [0.15, 0.2) is 0 Å². The minimum Gasteiger partial charge on any atom is -0.480 e. The zero-order valence-corrected chi connectivity index (χ0v) is 26.0. The fourth-order valence-electron chi connectivity index (χ4n) is 5.90. The third-order valence-corrected chi connectivity index (χ3v) is 8.33. The van der Waals surface area contributed by atoms with Gasteiger partial charge in [0.05, 0.1) is 6.04 Å². The normalized spacial score (nSPS) is 19.8. The average molecular weight is 635 g/mol. The Morgan fingerprint density at radius 3 is 2.37 bits per heavy atom. The highest BCUT2D eigenvalue weighted by atomic mass is 16.5. The second-order valence-electron chi connectivity index (χ2n) is 11.9. The summed E-state index contributed by atoms with van der Waals surface area (Å²) < 4.78 is 6.03. The highest BCUT2D eigenvalue weighted by Gasteiger charge is 2.35. The number of carbonyl (C=O) groups is 6. The number of carboxylic acids is 1. The van der Waals surface area contributed by atoms with Crippen LogP contribution in [0.3, 0.4) is 0 Å². The molecule has 1 fully saturated rings. The van der Waals surface area contributed by atoms with E-state index in [1.54, 1.807) is 31.2 Å². The predicted molar refractivity (Wildman–Crippen MR) is 168 cm³/mol. The number of ether oxygens (including phenoxy) is 1. The van der Waals surface area contributed by atoms with Crippen LogP contribution in [-0.4, -0.2) is 65.2 Å². The summed E-state index contributed by atoms with van der Waals surface area (Å²) in [6.45, 7) is 1.03. The van der Waals surface area contributed by atoms with Gasteiger partial charge in [-0.05, 0) is 67.0 Å². The number of carboxylic acid groups (broad SMARTS) is 1. The summed E-state index contributed by atoms with van der Waals surface area (Å²) in [5.41, 5.74) is 1.61. The van der Waals surface area contributed by atoms with Crippen molar-refractivity contribution in [3.63, 3.8) is 0 Å². The van der Waals surface area contributed by atoms with Crippen molar-refractivity contribution in [1.29, 1.82) is 0 Å². The first-order valence-corrected chi connectivity index (χ1v) is 15.9. The highest BCUT2D eigenvalue weighted by molar-refractivity contribution is 6.38. The minimum atomic E-state index is -1.32. The van der Waals surface area contributed by atoms with Gasteiger partial charge in [0.1, 0.15) is 30.1 Å². The Bertz CT molecular complexity index is 1420. The average Bonchev–Trinajstić information content (AvgIpc) is 3.05. The van der Waals surface area contributed by atoms with Crippen molar-refractivity contribution in [1.82, 2.24) is 21.3 Å². The van der Waals surface area contributed by atoms with Crippen LogP contribution in [0.5, 0.6) is 11.5 Å². The molecule has 2 aromatic rings. The Balaban J connectivity index is 1.64. The van der Waals surface area contributed by atoms with Crippen LogP contribution < -0.4 is 26.0 Å². The number of carbonyl (C=O) groups excluding carboxylic acids is 5. The van der Waals surface area contributed by atoms with Gasteiger partial charge >= 0.3 is 5.97 Å². The van der Waals surface area contributed by atoms with Crippen molar-refractivity contribution in [3.05, 3.63) is 59.7 Å². The summed E-state index contributed by atoms with van der Waals surface area (Å²) in [4.78, 5) is 77.0. The number of Topliss-reactive ketones (excluding diaryl/α,β-unsaturated/α-hetero) is 1. The number of fused-ring (bicyclic) bond motifs is 10. The van der Waals surface area contributed by atoms with E-state index >= 15 is 0 Å². The lowest BCUT2D eigenvalue weighted by molar-refractivity contribution is -0.143. The molecule has 246 valence electrons. The molecule has 4 amide bonds. The number of hydrogen-bond acceptors (Lipinski definition) is 7. The van der Waals surface area contributed by atoms with Crippen LogP contribution >= 0.6 is 0 Å². The molecule has 1 aliphatic carbocycles. The van der Waals surface area contributed by atoms with Crippen molar-refractivity contribution in [2.24, 2.45) is 5.92 Å². The molecule has 2 aromatic carbocycles. The van der Waals surface area contributed by atoms with E-state index in [1.807, 2.05) is 29.6 Å². The summed E-state index contributed by atoms with van der Waals surface area (Å²) in [6.07, 6.45) is 5.65. The van der Waals surface area contributed by atoms with Crippen molar-refractivity contribution < 1.29 is 38.6 Å². The van der Waals surface area contributed by atoms with Crippen molar-refractivity contribution >= 4 is 35.4 Å². The smallest absolute Gasteiger partial charge is 0.322 e. The van der Waals surface area contributed by atoms with Crippen molar-refractivity contribution in [3.8, 4) is 11.5 Å². The van der Waals surface area contributed by atoms with Gasteiger partial charge in [-0.3, -0.25) is 28.8 Å². The maximum absolute atomic E-state index is 13.9. The first-order valence-electron chi connectivity index (χ1n) is 15.9. The topological polar surface area (TPSA) is 180 Å². The van der Waals surface area contributed by atoms with Gasteiger partial charge < -0.3 is 31.1 Å². The molecule has 3 atom stereocenters. The largest absolute Gasteiger partial charge is 0.480 e. The van der Waals surface area contributed by atoms with E-state index in [4.69, 9.17) is 9.84 Å². The van der Waals surface area contributed by atoms with E-state index in [9.17, 15) is 28.8 Å². The third-order valence-electron chi connectivity index (χ3n) is 8.33. The number of nitrogens with one attached hydrogen (secondary N) is 4. The number of aliphatic carboxylic acids is 1. The number of rotatable bonds is 9. The van der Waals surface area contributed by atoms with E-state index in [0.717, 1.165) is 37.7 Å². The molecule has 5 N–H and O–H groups in total. The van der Waals surface area contributed by atoms with Crippen LogP contribution in [0.2, 0.25) is 0 Å². The van der Waals surface area contributed by atoms with Crippen LogP contribution in [0.4, 0.5) is 0 Å². The lowest BCUT2D eigenvalue weighted by Gasteiger charge is -2.31. The Kier molecular flexibility index (Phi) is 12.3. The summed E-state index contributed by atoms with van der Waals surface area (Å²) in [5.74, 6) is -3.89. The quantitative estimate of drug-likeness (QED) is 0.261. The monoisotopic (exact) mass is 634 g/mol. The van der Waals surface area contributed by atoms with Gasteiger partial charge in [0.25, 0.3) is 5.91 Å². The molecule has 5 rings (SSSR count). The van der Waals surface area contributed by atoms with Crippen LogP contribution in [0.15, 0.2) is 48.5 Å². The van der Waals surface area contributed by atoms with Gasteiger partial charge in [-0.25, -0.2) is 0 Å². The Morgan fingerprint density at radius 2 is 1.67 bits per heavy atom. The van der Waals surface area contributed by atoms with E-state index in [0.29, 0.717) is 29.9 Å². The van der Waals surface area contributed by atoms with E-state index in [-0.39, 0.29) is 31.1 Å². The molecule has 2 aliphatic heterocycles. The standard InChI is InChI=1S/C34H42N4O8/c1-2-7-26(31(42)34(45)35-20-29(40)41)36-32(43)27-19-22-8-6-11-25(18-22)46-24-15-12-21(13-16-24)14-17-28(39)38-30(33(44)37-27)23-9-4-3-5-10-23/h6,8,11-13,15-16,18,23,26-27,30H,2-5,7,9-10,14,17,19-20H2,1H3,(H,35,45)(H,36,43)(H,37,44)(H,38,39)(H,40,41). The second-order valence-corrected chi connectivity index (χ2v) is 11.9. The molecular formula is C34H42N4O8. The Hall–Kier alpha value is -4.74. The van der Waals surface area contributed by atoms with Crippen molar-refractivity contribution in [2.75, 3.05) is 6.54 Å². The molecular weight excluding hydrogens is 592 g/mol. The van der Waals surface area contributed by atoms with Gasteiger partial charge in [-0.2, -0.15) is 0 Å².